The second kappa shape index (κ2) is 5.98. The lowest BCUT2D eigenvalue weighted by Gasteiger charge is -2.26. The molecule has 0 saturated heterocycles. The summed E-state index contributed by atoms with van der Waals surface area (Å²) >= 11 is 0. The first-order valence-electron chi connectivity index (χ1n) is 5.75. The first-order chi connectivity index (χ1) is 8.86. The second-order valence-electron chi connectivity index (χ2n) is 4.23. The molecule has 1 amide bonds. The van der Waals surface area contributed by atoms with Crippen LogP contribution in [-0.4, -0.2) is 35.4 Å². The van der Waals surface area contributed by atoms with Crippen molar-refractivity contribution in [2.24, 2.45) is 5.73 Å². The van der Waals surface area contributed by atoms with Gasteiger partial charge in [-0.2, -0.15) is 0 Å². The highest BCUT2D eigenvalue weighted by atomic mass is 16.6. The van der Waals surface area contributed by atoms with Crippen LogP contribution >= 0.6 is 0 Å². The number of nitrogens with zero attached hydrogens (tertiary/aromatic N) is 3. The summed E-state index contributed by atoms with van der Waals surface area (Å²) in [5.41, 5.74) is 5.01. The number of rotatable bonds is 6. The smallest absolute Gasteiger partial charge is 0.311 e. The van der Waals surface area contributed by atoms with E-state index in [-0.39, 0.29) is 24.1 Å². The predicted molar refractivity (Wildman–Crippen MR) is 72.1 cm³/mol. The Bertz CT molecular complexity index is 489. The standard InChI is InChI=1S/C11H17N5O3/c1-7(2)15(6-9(12)17)11-8(16(18)19)4-5-10(13-3)14-11/h4-5,7H,6H2,1-3H3,(H2,12,17)(H,13,14). The lowest BCUT2D eigenvalue weighted by molar-refractivity contribution is -0.384. The minimum Gasteiger partial charge on any atom is -0.373 e. The molecule has 0 aliphatic heterocycles. The van der Waals surface area contributed by atoms with E-state index in [4.69, 9.17) is 5.73 Å². The van der Waals surface area contributed by atoms with E-state index in [1.165, 1.54) is 17.0 Å². The highest BCUT2D eigenvalue weighted by Gasteiger charge is 2.24. The van der Waals surface area contributed by atoms with Gasteiger partial charge in [0.05, 0.1) is 11.5 Å². The molecule has 104 valence electrons. The SMILES string of the molecule is CNc1ccc([N+](=O)[O-])c(N(CC(N)=O)C(C)C)n1. The molecule has 0 radical (unpaired) electrons. The van der Waals surface area contributed by atoms with Crippen molar-refractivity contribution in [2.45, 2.75) is 19.9 Å². The second-order valence-corrected chi connectivity index (χ2v) is 4.23. The molecule has 8 heteroatoms. The zero-order chi connectivity index (χ0) is 14.6. The van der Waals surface area contributed by atoms with Crippen LogP contribution in [0, 0.1) is 10.1 Å². The predicted octanol–water partition coefficient (Wildman–Crippen LogP) is 0.732. The van der Waals surface area contributed by atoms with E-state index >= 15 is 0 Å². The topological polar surface area (TPSA) is 114 Å². The minimum absolute atomic E-state index is 0.126. The molecule has 0 aromatic carbocycles. The van der Waals surface area contributed by atoms with Gasteiger partial charge in [0.1, 0.15) is 5.82 Å². The largest absolute Gasteiger partial charge is 0.373 e. The Morgan fingerprint density at radius 2 is 2.21 bits per heavy atom. The van der Waals surface area contributed by atoms with Gasteiger partial charge < -0.3 is 16.0 Å². The van der Waals surface area contributed by atoms with E-state index in [2.05, 4.69) is 10.3 Å². The van der Waals surface area contributed by atoms with E-state index in [0.29, 0.717) is 5.82 Å². The summed E-state index contributed by atoms with van der Waals surface area (Å²) in [7, 11) is 1.66. The number of primary amides is 1. The Morgan fingerprint density at radius 3 is 2.63 bits per heavy atom. The van der Waals surface area contributed by atoms with E-state index < -0.39 is 10.8 Å². The maximum atomic E-state index is 11.1. The van der Waals surface area contributed by atoms with Crippen molar-refractivity contribution < 1.29 is 9.72 Å². The van der Waals surface area contributed by atoms with Gasteiger partial charge >= 0.3 is 5.69 Å². The molecule has 0 aliphatic carbocycles. The quantitative estimate of drug-likeness (QED) is 0.580. The molecule has 0 fully saturated rings. The van der Waals surface area contributed by atoms with E-state index in [0.717, 1.165) is 0 Å². The highest BCUT2D eigenvalue weighted by Crippen LogP contribution is 2.28. The molecular formula is C11H17N5O3. The molecule has 0 spiro atoms. The first-order valence-corrected chi connectivity index (χ1v) is 5.75. The summed E-state index contributed by atoms with van der Waals surface area (Å²) in [5.74, 6) is 0.0426. The summed E-state index contributed by atoms with van der Waals surface area (Å²) in [6.45, 7) is 3.49. The zero-order valence-electron chi connectivity index (χ0n) is 11.1. The number of hydrogen-bond acceptors (Lipinski definition) is 6. The lowest BCUT2D eigenvalue weighted by atomic mass is 10.2. The molecule has 1 aromatic heterocycles. The average Bonchev–Trinajstić information content (AvgIpc) is 2.34. The number of nitrogens with two attached hydrogens (primary N) is 1. The lowest BCUT2D eigenvalue weighted by Crippen LogP contribution is -2.39. The summed E-state index contributed by atoms with van der Waals surface area (Å²) in [5, 5.41) is 13.8. The molecule has 1 heterocycles. The van der Waals surface area contributed by atoms with Crippen LogP contribution in [0.15, 0.2) is 12.1 Å². The third-order valence-corrected chi connectivity index (χ3v) is 2.53. The number of hydrogen-bond donors (Lipinski definition) is 2. The van der Waals surface area contributed by atoms with Crippen LogP contribution < -0.4 is 16.0 Å². The van der Waals surface area contributed by atoms with Crippen LogP contribution in [0.4, 0.5) is 17.3 Å². The number of pyridine rings is 1. The van der Waals surface area contributed by atoms with Crippen LogP contribution in [0.25, 0.3) is 0 Å². The van der Waals surface area contributed by atoms with Gasteiger partial charge in [-0.25, -0.2) is 4.98 Å². The Kier molecular flexibility index (Phi) is 4.62. The van der Waals surface area contributed by atoms with Crippen molar-refractivity contribution in [3.05, 3.63) is 22.2 Å². The van der Waals surface area contributed by atoms with Gasteiger partial charge in [-0.3, -0.25) is 14.9 Å². The fourth-order valence-electron chi connectivity index (χ4n) is 1.60. The van der Waals surface area contributed by atoms with Crippen LogP contribution in [0.5, 0.6) is 0 Å². The molecule has 19 heavy (non-hydrogen) atoms. The summed E-state index contributed by atoms with van der Waals surface area (Å²) in [4.78, 5) is 27.3. The van der Waals surface area contributed by atoms with E-state index in [9.17, 15) is 14.9 Å². The maximum Gasteiger partial charge on any atom is 0.311 e. The number of nitrogens with one attached hydrogen (secondary N) is 1. The number of aromatic nitrogens is 1. The molecule has 0 aliphatic rings. The Balaban J connectivity index is 3.32. The van der Waals surface area contributed by atoms with E-state index in [1.54, 1.807) is 20.9 Å². The summed E-state index contributed by atoms with van der Waals surface area (Å²) < 4.78 is 0. The van der Waals surface area contributed by atoms with Crippen molar-refractivity contribution in [1.82, 2.24) is 4.98 Å². The molecular weight excluding hydrogens is 250 g/mol. The van der Waals surface area contributed by atoms with Crippen molar-refractivity contribution in [1.29, 1.82) is 0 Å². The Morgan fingerprint density at radius 1 is 1.58 bits per heavy atom. The maximum absolute atomic E-state index is 11.1. The number of carbonyl (C=O) groups is 1. The molecule has 0 bridgehead atoms. The van der Waals surface area contributed by atoms with Gasteiger partial charge in [0, 0.05) is 19.2 Å². The average molecular weight is 267 g/mol. The third kappa shape index (κ3) is 3.54. The van der Waals surface area contributed by atoms with Crippen molar-refractivity contribution in [3.63, 3.8) is 0 Å². The van der Waals surface area contributed by atoms with Crippen molar-refractivity contribution >= 4 is 23.2 Å². The third-order valence-electron chi connectivity index (χ3n) is 2.53. The molecule has 1 aromatic rings. The van der Waals surface area contributed by atoms with Gasteiger partial charge in [-0.05, 0) is 19.9 Å². The molecule has 0 unspecified atom stereocenters. The highest BCUT2D eigenvalue weighted by molar-refractivity contribution is 5.80. The number of anilines is 2. The van der Waals surface area contributed by atoms with Crippen molar-refractivity contribution in [3.8, 4) is 0 Å². The molecule has 1 rings (SSSR count). The van der Waals surface area contributed by atoms with Crippen LogP contribution in [0.3, 0.4) is 0 Å². The molecule has 0 saturated carbocycles. The number of amides is 1. The van der Waals surface area contributed by atoms with E-state index in [1.807, 2.05) is 0 Å². The van der Waals surface area contributed by atoms with Crippen LogP contribution in [0.2, 0.25) is 0 Å². The number of carbonyl (C=O) groups excluding carboxylic acids is 1. The molecule has 0 atom stereocenters. The fraction of sp³-hybridized carbons (Fsp3) is 0.455. The number of nitro groups is 1. The summed E-state index contributed by atoms with van der Waals surface area (Å²) in [6, 6.07) is 2.71. The fourth-order valence-corrected chi connectivity index (χ4v) is 1.60. The van der Waals surface area contributed by atoms with Gasteiger partial charge in [-0.1, -0.05) is 0 Å². The van der Waals surface area contributed by atoms with Gasteiger partial charge in [-0.15, -0.1) is 0 Å². The zero-order valence-corrected chi connectivity index (χ0v) is 11.1. The van der Waals surface area contributed by atoms with Gasteiger partial charge in [0.15, 0.2) is 0 Å². The van der Waals surface area contributed by atoms with Gasteiger partial charge in [0.25, 0.3) is 0 Å². The monoisotopic (exact) mass is 267 g/mol. The van der Waals surface area contributed by atoms with Crippen LogP contribution in [-0.2, 0) is 4.79 Å². The van der Waals surface area contributed by atoms with Crippen LogP contribution in [0.1, 0.15) is 13.8 Å². The summed E-state index contributed by atoms with van der Waals surface area (Å²) in [6.07, 6.45) is 0. The molecule has 8 nitrogen and oxygen atoms in total. The minimum atomic E-state index is -0.570. The molecule has 3 N–H and O–H groups in total. The van der Waals surface area contributed by atoms with Crippen molar-refractivity contribution in [2.75, 3.05) is 23.8 Å². The van der Waals surface area contributed by atoms with Gasteiger partial charge in [0.2, 0.25) is 11.7 Å². The first kappa shape index (κ1) is 14.7. The Labute approximate surface area is 110 Å². The normalized spacial score (nSPS) is 10.3. The Hall–Kier alpha value is -2.38.